The first-order chi connectivity index (χ1) is 16.4. The Hall–Kier alpha value is -2.49. The van der Waals surface area contributed by atoms with E-state index in [-0.39, 0.29) is 11.9 Å². The highest BCUT2D eigenvalue weighted by atomic mass is 19.4. The topological polar surface area (TPSA) is 41.5 Å². The summed E-state index contributed by atoms with van der Waals surface area (Å²) in [5.41, 5.74) is -2.01. The third-order valence-electron chi connectivity index (χ3n) is 4.84. The van der Waals surface area contributed by atoms with Crippen LogP contribution in [-0.2, 0) is 18.9 Å². The SMILES string of the molecule is CC.CNC.Fc1ccc(C2CCCCC2)cc1.O=NCc1cc(C(F)(F)F)cc(C(F)(F)F)c1. The summed E-state index contributed by atoms with van der Waals surface area (Å²) < 4.78 is 86.5. The standard InChI is InChI=1S/C12H15F.C9H5F6NO.C2H7N.C2H6/c13-12-8-6-11(7-9-12)10-4-2-1-3-5-10;10-8(11,12)6-1-5(4-16-17)2-7(3-6)9(13,14)15;1-3-2;1-2/h6-10H,1-5H2;1-3H,4H2;3H,1-2H3;1-2H3. The second-order valence-corrected chi connectivity index (χ2v) is 7.59. The van der Waals surface area contributed by atoms with E-state index in [1.54, 1.807) is 12.1 Å². The Morgan fingerprint density at radius 2 is 1.26 bits per heavy atom. The molecule has 0 aliphatic heterocycles. The lowest BCUT2D eigenvalue weighted by molar-refractivity contribution is -0.143. The van der Waals surface area contributed by atoms with Crippen LogP contribution in [0.15, 0.2) is 47.6 Å². The predicted octanol–water partition coefficient (Wildman–Crippen LogP) is 8.73. The molecule has 0 atom stereocenters. The van der Waals surface area contributed by atoms with Crippen molar-refractivity contribution in [1.82, 2.24) is 5.32 Å². The summed E-state index contributed by atoms with van der Waals surface area (Å²) in [4.78, 5) is 9.88. The Labute approximate surface area is 202 Å². The van der Waals surface area contributed by atoms with Crippen LogP contribution < -0.4 is 5.32 Å². The fourth-order valence-corrected chi connectivity index (χ4v) is 3.36. The molecule has 1 aliphatic rings. The molecule has 3 rings (SSSR count). The van der Waals surface area contributed by atoms with Gasteiger partial charge in [-0.2, -0.15) is 31.2 Å². The van der Waals surface area contributed by atoms with Crippen LogP contribution in [0.4, 0.5) is 30.7 Å². The van der Waals surface area contributed by atoms with Crippen molar-refractivity contribution < 1.29 is 30.7 Å². The number of rotatable bonds is 3. The molecular formula is C25H33F7N2O. The van der Waals surface area contributed by atoms with Crippen LogP contribution in [0, 0.1) is 10.7 Å². The third-order valence-corrected chi connectivity index (χ3v) is 4.84. The molecule has 2 aromatic carbocycles. The van der Waals surface area contributed by atoms with E-state index in [1.165, 1.54) is 37.7 Å². The summed E-state index contributed by atoms with van der Waals surface area (Å²) >= 11 is 0. The van der Waals surface area contributed by atoms with Crippen LogP contribution in [0.5, 0.6) is 0 Å². The van der Waals surface area contributed by atoms with Crippen molar-refractivity contribution in [3.63, 3.8) is 0 Å². The van der Waals surface area contributed by atoms with Crippen molar-refractivity contribution in [1.29, 1.82) is 0 Å². The number of hydrogen-bond donors (Lipinski definition) is 1. The Morgan fingerprint density at radius 1 is 0.829 bits per heavy atom. The van der Waals surface area contributed by atoms with Crippen molar-refractivity contribution in [2.24, 2.45) is 5.18 Å². The minimum Gasteiger partial charge on any atom is -0.323 e. The highest BCUT2D eigenvalue weighted by Gasteiger charge is 2.36. The van der Waals surface area contributed by atoms with E-state index in [9.17, 15) is 35.6 Å². The Kier molecular flexibility index (Phi) is 15.1. The first kappa shape index (κ1) is 32.5. The first-order valence-electron chi connectivity index (χ1n) is 11.3. The van der Waals surface area contributed by atoms with Crippen LogP contribution >= 0.6 is 0 Å². The van der Waals surface area contributed by atoms with Crippen molar-refractivity contribution in [3.8, 4) is 0 Å². The Balaban J connectivity index is 0.000000569. The van der Waals surface area contributed by atoms with Crippen LogP contribution in [0.25, 0.3) is 0 Å². The predicted molar refractivity (Wildman–Crippen MR) is 125 cm³/mol. The average molecular weight is 511 g/mol. The molecule has 0 aromatic heterocycles. The number of hydrogen-bond acceptors (Lipinski definition) is 3. The van der Waals surface area contributed by atoms with Crippen LogP contribution in [0.2, 0.25) is 0 Å². The highest BCUT2D eigenvalue weighted by molar-refractivity contribution is 5.33. The van der Waals surface area contributed by atoms with Crippen molar-refractivity contribution in [2.45, 2.75) is 70.8 Å². The lowest BCUT2D eigenvalue weighted by atomic mass is 9.84. The fraction of sp³-hybridized carbons (Fsp3) is 0.520. The van der Waals surface area contributed by atoms with Gasteiger partial charge in [0.2, 0.25) is 0 Å². The van der Waals surface area contributed by atoms with Gasteiger partial charge in [0.05, 0.1) is 11.1 Å². The highest BCUT2D eigenvalue weighted by Crippen LogP contribution is 2.36. The fourth-order valence-electron chi connectivity index (χ4n) is 3.36. The summed E-state index contributed by atoms with van der Waals surface area (Å²) in [5.74, 6) is 0.564. The van der Waals surface area contributed by atoms with E-state index in [1.807, 2.05) is 40.1 Å². The average Bonchev–Trinajstić information content (AvgIpc) is 2.81. The zero-order valence-corrected chi connectivity index (χ0v) is 20.4. The maximum atomic E-state index is 12.7. The van der Waals surface area contributed by atoms with Gasteiger partial charge in [0.25, 0.3) is 0 Å². The lowest BCUT2D eigenvalue weighted by Crippen LogP contribution is -2.11. The Morgan fingerprint density at radius 3 is 1.63 bits per heavy atom. The molecule has 0 spiro atoms. The van der Waals surface area contributed by atoms with Crippen molar-refractivity contribution >= 4 is 0 Å². The molecule has 1 saturated carbocycles. The summed E-state index contributed by atoms with van der Waals surface area (Å²) in [5, 5.41) is 5.02. The maximum absolute atomic E-state index is 12.7. The molecule has 1 fully saturated rings. The number of benzene rings is 2. The van der Waals surface area contributed by atoms with Crippen molar-refractivity contribution in [2.75, 3.05) is 14.1 Å². The summed E-state index contributed by atoms with van der Waals surface area (Å²) in [6, 6.07) is 7.95. The van der Waals surface area contributed by atoms with Gasteiger partial charge in [-0.1, -0.05) is 50.4 Å². The molecule has 2 aromatic rings. The van der Waals surface area contributed by atoms with Crippen LogP contribution in [-0.4, -0.2) is 14.1 Å². The molecule has 1 N–H and O–H groups in total. The number of nitroso groups, excluding NO2 is 1. The number of halogens is 7. The Bertz CT molecular complexity index is 812. The summed E-state index contributed by atoms with van der Waals surface area (Å²) in [6.07, 6.45) is -3.20. The zero-order valence-electron chi connectivity index (χ0n) is 20.4. The van der Waals surface area contributed by atoms with E-state index >= 15 is 0 Å². The quantitative estimate of drug-likeness (QED) is 0.331. The van der Waals surface area contributed by atoms with E-state index in [0.29, 0.717) is 18.1 Å². The molecule has 0 amide bonds. The smallest absolute Gasteiger partial charge is 0.323 e. The molecule has 0 heterocycles. The van der Waals surface area contributed by atoms with Gasteiger partial charge in [-0.3, -0.25) is 0 Å². The van der Waals surface area contributed by atoms with Gasteiger partial charge < -0.3 is 5.32 Å². The first-order valence-corrected chi connectivity index (χ1v) is 11.3. The van der Waals surface area contributed by atoms with Gasteiger partial charge in [-0.25, -0.2) is 4.39 Å². The maximum Gasteiger partial charge on any atom is 0.416 e. The molecule has 0 radical (unpaired) electrons. The van der Waals surface area contributed by atoms with E-state index < -0.39 is 35.6 Å². The second-order valence-electron chi connectivity index (χ2n) is 7.59. The minimum atomic E-state index is -4.90. The summed E-state index contributed by atoms with van der Waals surface area (Å²) in [6.45, 7) is 3.26. The number of nitrogens with one attached hydrogen (secondary N) is 1. The molecule has 198 valence electrons. The van der Waals surface area contributed by atoms with E-state index in [0.717, 1.165) is 0 Å². The number of alkyl halides is 6. The van der Waals surface area contributed by atoms with E-state index in [4.69, 9.17) is 0 Å². The molecule has 10 heteroatoms. The molecule has 35 heavy (non-hydrogen) atoms. The van der Waals surface area contributed by atoms with Crippen molar-refractivity contribution in [3.05, 3.63) is 75.4 Å². The second kappa shape index (κ2) is 16.2. The molecule has 0 bridgehead atoms. The molecule has 0 saturated heterocycles. The molecule has 3 nitrogen and oxygen atoms in total. The minimum absolute atomic E-state index is 0.00565. The number of nitrogens with zero attached hydrogens (tertiary/aromatic N) is 1. The van der Waals surface area contributed by atoms with Gasteiger partial charge >= 0.3 is 12.4 Å². The lowest BCUT2D eigenvalue weighted by Gasteiger charge is -2.21. The summed E-state index contributed by atoms with van der Waals surface area (Å²) in [7, 11) is 3.75. The zero-order chi connectivity index (χ0) is 27.1. The monoisotopic (exact) mass is 510 g/mol. The van der Waals surface area contributed by atoms with Gasteiger partial charge in [0, 0.05) is 0 Å². The normalized spacial score (nSPS) is 13.8. The van der Waals surface area contributed by atoms with Crippen LogP contribution in [0.1, 0.15) is 74.1 Å². The molecular weight excluding hydrogens is 477 g/mol. The third kappa shape index (κ3) is 12.7. The largest absolute Gasteiger partial charge is 0.416 e. The molecule has 1 aliphatic carbocycles. The van der Waals surface area contributed by atoms with Gasteiger partial charge in [0.15, 0.2) is 0 Å². The van der Waals surface area contributed by atoms with Gasteiger partial charge in [-0.15, -0.1) is 0 Å². The van der Waals surface area contributed by atoms with Gasteiger partial charge in [-0.05, 0) is 74.3 Å². The van der Waals surface area contributed by atoms with E-state index in [2.05, 4.69) is 10.5 Å². The van der Waals surface area contributed by atoms with Gasteiger partial charge in [0.1, 0.15) is 12.4 Å². The molecule has 0 unspecified atom stereocenters. The van der Waals surface area contributed by atoms with Crippen LogP contribution in [0.3, 0.4) is 0 Å².